The van der Waals surface area contributed by atoms with Crippen LogP contribution in [0, 0.1) is 11.3 Å². The minimum atomic E-state index is -0.871. The molecular weight excluding hydrogens is 318 g/mol. The number of piperazine rings is 1. The SMILES string of the molecule is CC.COC(=O)C1(CCC#N)COc2c(N3CCNCC3)cccc21. The molecule has 1 aromatic carbocycles. The quantitative estimate of drug-likeness (QED) is 0.844. The second kappa shape index (κ2) is 8.72. The van der Waals surface area contributed by atoms with E-state index in [9.17, 15) is 4.79 Å². The minimum absolute atomic E-state index is 0.236. The van der Waals surface area contributed by atoms with Gasteiger partial charge in [0.05, 0.1) is 18.9 Å². The maximum Gasteiger partial charge on any atom is 0.319 e. The summed E-state index contributed by atoms with van der Waals surface area (Å²) in [4.78, 5) is 14.7. The number of esters is 1. The Labute approximate surface area is 149 Å². The number of para-hydroxylation sites is 1. The Kier molecular flexibility index (Phi) is 6.65. The topological polar surface area (TPSA) is 74.6 Å². The van der Waals surface area contributed by atoms with E-state index in [4.69, 9.17) is 14.7 Å². The summed E-state index contributed by atoms with van der Waals surface area (Å²) in [5, 5.41) is 12.3. The first-order valence-electron chi connectivity index (χ1n) is 8.90. The third-order valence-corrected chi connectivity index (χ3v) is 4.67. The first-order chi connectivity index (χ1) is 12.2. The third-order valence-electron chi connectivity index (χ3n) is 4.67. The molecule has 0 bridgehead atoms. The van der Waals surface area contributed by atoms with E-state index in [2.05, 4.69) is 16.3 Å². The lowest BCUT2D eigenvalue weighted by Crippen LogP contribution is -2.43. The molecule has 0 aromatic heterocycles. The molecular formula is C19H27N3O3. The summed E-state index contributed by atoms with van der Waals surface area (Å²) in [6, 6.07) is 8.03. The van der Waals surface area contributed by atoms with Crippen LogP contribution in [0.3, 0.4) is 0 Å². The Morgan fingerprint density at radius 3 is 2.76 bits per heavy atom. The van der Waals surface area contributed by atoms with Gasteiger partial charge in [-0.15, -0.1) is 0 Å². The van der Waals surface area contributed by atoms with Crippen LogP contribution in [0.1, 0.15) is 32.3 Å². The maximum atomic E-state index is 12.5. The van der Waals surface area contributed by atoms with Gasteiger partial charge in [-0.1, -0.05) is 26.0 Å². The van der Waals surface area contributed by atoms with E-state index >= 15 is 0 Å². The molecule has 6 heteroatoms. The maximum absolute atomic E-state index is 12.5. The first kappa shape index (κ1) is 19.1. The fraction of sp³-hybridized carbons (Fsp3) is 0.579. The highest BCUT2D eigenvalue weighted by Gasteiger charge is 2.49. The smallest absolute Gasteiger partial charge is 0.319 e. The van der Waals surface area contributed by atoms with Crippen molar-refractivity contribution in [2.75, 3.05) is 44.8 Å². The molecule has 0 amide bonds. The predicted molar refractivity (Wildman–Crippen MR) is 96.9 cm³/mol. The van der Waals surface area contributed by atoms with Crippen molar-refractivity contribution in [1.82, 2.24) is 5.32 Å². The van der Waals surface area contributed by atoms with Crippen LogP contribution in [-0.2, 0) is 14.9 Å². The fourth-order valence-corrected chi connectivity index (χ4v) is 3.42. The molecule has 0 spiro atoms. The number of carbonyl (C=O) groups is 1. The summed E-state index contributed by atoms with van der Waals surface area (Å²) in [6.07, 6.45) is 0.698. The van der Waals surface area contributed by atoms with E-state index in [1.54, 1.807) is 0 Å². The number of nitrogens with zero attached hydrogens (tertiary/aromatic N) is 2. The van der Waals surface area contributed by atoms with Gasteiger partial charge in [-0.05, 0) is 12.5 Å². The van der Waals surface area contributed by atoms with Crippen molar-refractivity contribution in [3.8, 4) is 11.8 Å². The number of rotatable bonds is 4. The number of fused-ring (bicyclic) bond motifs is 1. The van der Waals surface area contributed by atoms with Crippen molar-refractivity contribution in [2.45, 2.75) is 32.1 Å². The van der Waals surface area contributed by atoms with Crippen molar-refractivity contribution in [1.29, 1.82) is 5.26 Å². The van der Waals surface area contributed by atoms with Gasteiger partial charge in [0.15, 0.2) is 0 Å². The van der Waals surface area contributed by atoms with Crippen molar-refractivity contribution in [3.63, 3.8) is 0 Å². The van der Waals surface area contributed by atoms with E-state index in [0.29, 0.717) is 6.42 Å². The zero-order chi connectivity index (χ0) is 18.3. The highest BCUT2D eigenvalue weighted by molar-refractivity contribution is 5.87. The number of nitrogens with one attached hydrogen (secondary N) is 1. The van der Waals surface area contributed by atoms with Gasteiger partial charge in [0.1, 0.15) is 17.8 Å². The van der Waals surface area contributed by atoms with Crippen molar-refractivity contribution in [2.24, 2.45) is 0 Å². The number of hydrogen-bond donors (Lipinski definition) is 1. The minimum Gasteiger partial charge on any atom is -0.490 e. The molecule has 0 aliphatic carbocycles. The summed E-state index contributed by atoms with van der Waals surface area (Å²) < 4.78 is 11.0. The van der Waals surface area contributed by atoms with Crippen LogP contribution in [-0.4, -0.2) is 45.9 Å². The number of benzene rings is 1. The van der Waals surface area contributed by atoms with Crippen LogP contribution in [0.15, 0.2) is 18.2 Å². The molecule has 2 heterocycles. The van der Waals surface area contributed by atoms with E-state index in [-0.39, 0.29) is 19.0 Å². The lowest BCUT2D eigenvalue weighted by atomic mass is 9.78. The number of hydrogen-bond acceptors (Lipinski definition) is 6. The first-order valence-corrected chi connectivity index (χ1v) is 8.90. The number of carbonyl (C=O) groups excluding carboxylic acids is 1. The van der Waals surface area contributed by atoms with Crippen LogP contribution >= 0.6 is 0 Å². The number of ether oxygens (including phenoxy) is 2. The summed E-state index contributed by atoms with van der Waals surface area (Å²) in [5.41, 5.74) is 0.992. The molecule has 1 N–H and O–H groups in total. The standard InChI is InChI=1S/C17H21N3O3.C2H6/c1-22-16(21)17(6-3-7-18)12-23-15-13(17)4-2-5-14(15)20-10-8-19-9-11-20;1-2/h2,4-5,19H,3,6,8-12H2,1H3;1-2H3. The molecule has 2 aliphatic rings. The average Bonchev–Trinajstić information content (AvgIpc) is 3.08. The van der Waals surface area contributed by atoms with Crippen LogP contribution in [0.2, 0.25) is 0 Å². The summed E-state index contributed by atoms with van der Waals surface area (Å²) in [6.45, 7) is 7.91. The molecule has 1 saturated heterocycles. The molecule has 1 fully saturated rings. The van der Waals surface area contributed by atoms with E-state index in [0.717, 1.165) is 43.2 Å². The molecule has 1 unspecified atom stereocenters. The Bertz CT molecular complexity index is 635. The second-order valence-electron chi connectivity index (χ2n) is 5.91. The highest BCUT2D eigenvalue weighted by Crippen LogP contribution is 2.47. The van der Waals surface area contributed by atoms with Gasteiger partial charge >= 0.3 is 5.97 Å². The van der Waals surface area contributed by atoms with Gasteiger partial charge in [-0.25, -0.2) is 0 Å². The van der Waals surface area contributed by atoms with Crippen LogP contribution in [0.5, 0.6) is 5.75 Å². The number of methoxy groups -OCH3 is 1. The average molecular weight is 345 g/mol. The molecule has 2 aliphatic heterocycles. The molecule has 6 nitrogen and oxygen atoms in total. The zero-order valence-corrected chi connectivity index (χ0v) is 15.3. The number of anilines is 1. The second-order valence-corrected chi connectivity index (χ2v) is 5.91. The Morgan fingerprint density at radius 1 is 1.40 bits per heavy atom. The largest absolute Gasteiger partial charge is 0.490 e. The number of nitriles is 1. The normalized spacial score (nSPS) is 21.3. The van der Waals surface area contributed by atoms with Crippen molar-refractivity contribution >= 4 is 11.7 Å². The predicted octanol–water partition coefficient (Wildman–Crippen LogP) is 2.23. The lowest BCUT2D eigenvalue weighted by Gasteiger charge is -2.30. The van der Waals surface area contributed by atoms with Crippen molar-refractivity contribution in [3.05, 3.63) is 23.8 Å². The van der Waals surface area contributed by atoms with Gasteiger partial charge in [0.2, 0.25) is 0 Å². The molecule has 0 radical (unpaired) electrons. The van der Waals surface area contributed by atoms with Gasteiger partial charge in [-0.3, -0.25) is 4.79 Å². The fourth-order valence-electron chi connectivity index (χ4n) is 3.42. The third kappa shape index (κ3) is 3.57. The van der Waals surface area contributed by atoms with Crippen LogP contribution < -0.4 is 15.0 Å². The Hall–Kier alpha value is -2.26. The highest BCUT2D eigenvalue weighted by atomic mass is 16.5. The Morgan fingerprint density at radius 2 is 2.12 bits per heavy atom. The molecule has 1 atom stereocenters. The van der Waals surface area contributed by atoms with Gasteiger partial charge in [0.25, 0.3) is 0 Å². The summed E-state index contributed by atoms with van der Waals surface area (Å²) in [7, 11) is 1.38. The molecule has 3 rings (SSSR count). The van der Waals surface area contributed by atoms with Gasteiger partial charge in [0, 0.05) is 38.2 Å². The van der Waals surface area contributed by atoms with Gasteiger partial charge in [-0.2, -0.15) is 5.26 Å². The Balaban J connectivity index is 0.00000109. The molecule has 136 valence electrons. The monoisotopic (exact) mass is 345 g/mol. The molecule has 0 saturated carbocycles. The van der Waals surface area contributed by atoms with Crippen LogP contribution in [0.25, 0.3) is 0 Å². The molecule has 25 heavy (non-hydrogen) atoms. The summed E-state index contributed by atoms with van der Waals surface area (Å²) >= 11 is 0. The molecule has 1 aromatic rings. The van der Waals surface area contributed by atoms with Crippen LogP contribution in [0.4, 0.5) is 5.69 Å². The summed E-state index contributed by atoms with van der Waals surface area (Å²) in [5.74, 6) is 0.432. The van der Waals surface area contributed by atoms with Crippen molar-refractivity contribution < 1.29 is 14.3 Å². The van der Waals surface area contributed by atoms with Gasteiger partial charge < -0.3 is 19.7 Å². The lowest BCUT2D eigenvalue weighted by molar-refractivity contribution is -0.148. The van der Waals surface area contributed by atoms with E-state index < -0.39 is 5.41 Å². The van der Waals surface area contributed by atoms with E-state index in [1.807, 2.05) is 32.0 Å². The zero-order valence-electron chi connectivity index (χ0n) is 15.3. The van der Waals surface area contributed by atoms with E-state index in [1.165, 1.54) is 7.11 Å².